The standard InChI is InChI=1S/C23H28N4O5.CH5N/c1-15-18(5-4-6-19(15)23(31)27(2)3)21(32-12-11-25-14-28)20(29)22(30)26-17-9-7-16(13-24)8-10-17;1-2/h4-10,13-14,20-21,24,29H,11-12H2,1-3H3,(H,25,28)(H,26,30);2H2,1H3. The first-order valence-electron chi connectivity index (χ1n) is 10.6. The second kappa shape index (κ2) is 14.5. The minimum Gasteiger partial charge on any atom is -0.380 e. The molecule has 6 N–H and O–H groups in total. The molecular weight excluding hydrogens is 438 g/mol. The second-order valence-corrected chi connectivity index (χ2v) is 7.28. The Kier molecular flexibility index (Phi) is 12.1. The second-order valence-electron chi connectivity index (χ2n) is 7.28. The molecule has 2 atom stereocenters. The number of nitrogens with one attached hydrogen (secondary N) is 3. The van der Waals surface area contributed by atoms with E-state index in [4.69, 9.17) is 10.1 Å². The Bertz CT molecular complexity index is 963. The molecule has 184 valence electrons. The fraction of sp³-hybridized carbons (Fsp3) is 0.333. The average molecular weight is 472 g/mol. The predicted octanol–water partition coefficient (Wildman–Crippen LogP) is 1.07. The molecule has 2 aromatic carbocycles. The fourth-order valence-corrected chi connectivity index (χ4v) is 3.11. The average Bonchev–Trinajstić information content (AvgIpc) is 2.85. The lowest BCUT2D eigenvalue weighted by atomic mass is 9.94. The maximum absolute atomic E-state index is 12.8. The maximum Gasteiger partial charge on any atom is 0.256 e. The van der Waals surface area contributed by atoms with E-state index in [-0.39, 0.29) is 19.1 Å². The predicted molar refractivity (Wildman–Crippen MR) is 131 cm³/mol. The monoisotopic (exact) mass is 471 g/mol. The molecule has 0 aromatic heterocycles. The molecule has 0 fully saturated rings. The highest BCUT2D eigenvalue weighted by molar-refractivity contribution is 5.96. The molecule has 0 bridgehead atoms. The number of anilines is 1. The molecule has 0 spiro atoms. The van der Waals surface area contributed by atoms with Crippen LogP contribution in [0.2, 0.25) is 0 Å². The molecule has 2 rings (SSSR count). The van der Waals surface area contributed by atoms with Gasteiger partial charge in [-0.15, -0.1) is 0 Å². The van der Waals surface area contributed by atoms with E-state index < -0.39 is 18.1 Å². The molecular formula is C24H33N5O5. The molecule has 0 saturated heterocycles. The zero-order valence-corrected chi connectivity index (χ0v) is 19.9. The molecule has 2 aromatic rings. The topological polar surface area (TPSA) is 158 Å². The Morgan fingerprint density at radius 3 is 2.38 bits per heavy atom. The Balaban J connectivity index is 0.00000281. The van der Waals surface area contributed by atoms with Gasteiger partial charge in [0, 0.05) is 38.1 Å². The van der Waals surface area contributed by atoms with Crippen molar-refractivity contribution in [3.63, 3.8) is 0 Å². The van der Waals surface area contributed by atoms with Gasteiger partial charge in [-0.05, 0) is 48.9 Å². The van der Waals surface area contributed by atoms with Crippen molar-refractivity contribution >= 4 is 30.1 Å². The summed E-state index contributed by atoms with van der Waals surface area (Å²) in [7, 11) is 4.78. The third-order valence-corrected chi connectivity index (χ3v) is 4.85. The molecule has 34 heavy (non-hydrogen) atoms. The van der Waals surface area contributed by atoms with Crippen LogP contribution in [0.3, 0.4) is 0 Å². The molecule has 0 aliphatic rings. The number of carbonyl (C=O) groups excluding carboxylic acids is 3. The minimum absolute atomic E-state index is 0.0487. The summed E-state index contributed by atoms with van der Waals surface area (Å²) in [5.74, 6) is -0.902. The summed E-state index contributed by atoms with van der Waals surface area (Å²) >= 11 is 0. The van der Waals surface area contributed by atoms with Crippen molar-refractivity contribution in [1.82, 2.24) is 10.2 Å². The lowest BCUT2D eigenvalue weighted by molar-refractivity contribution is -0.133. The lowest BCUT2D eigenvalue weighted by Crippen LogP contribution is -2.36. The zero-order valence-electron chi connectivity index (χ0n) is 19.9. The van der Waals surface area contributed by atoms with E-state index in [9.17, 15) is 19.5 Å². The smallest absolute Gasteiger partial charge is 0.256 e. The normalized spacial score (nSPS) is 11.8. The highest BCUT2D eigenvalue weighted by Crippen LogP contribution is 2.28. The number of hydrogen-bond donors (Lipinski definition) is 5. The summed E-state index contributed by atoms with van der Waals surface area (Å²) in [6, 6.07) is 11.6. The van der Waals surface area contributed by atoms with Crippen molar-refractivity contribution in [2.24, 2.45) is 5.73 Å². The van der Waals surface area contributed by atoms with Crippen LogP contribution in [0.1, 0.15) is 33.2 Å². The van der Waals surface area contributed by atoms with Crippen LogP contribution < -0.4 is 16.4 Å². The minimum atomic E-state index is -1.59. The Morgan fingerprint density at radius 2 is 1.82 bits per heavy atom. The molecule has 3 amide bonds. The van der Waals surface area contributed by atoms with Crippen LogP contribution in [0.5, 0.6) is 0 Å². The van der Waals surface area contributed by atoms with E-state index in [1.54, 1.807) is 63.5 Å². The SMILES string of the molecule is CN.Cc1c(C(=O)N(C)C)cccc1C(OCCNC=O)C(O)C(=O)Nc1ccc(C=N)cc1. The number of carbonyl (C=O) groups is 3. The van der Waals surface area contributed by atoms with Crippen LogP contribution >= 0.6 is 0 Å². The molecule has 0 heterocycles. The van der Waals surface area contributed by atoms with Crippen molar-refractivity contribution in [2.45, 2.75) is 19.1 Å². The number of nitrogens with two attached hydrogens (primary N) is 1. The highest BCUT2D eigenvalue weighted by atomic mass is 16.5. The summed E-state index contributed by atoms with van der Waals surface area (Å²) in [4.78, 5) is 37.2. The van der Waals surface area contributed by atoms with E-state index in [0.717, 1.165) is 0 Å². The molecule has 0 saturated carbocycles. The van der Waals surface area contributed by atoms with Gasteiger partial charge in [-0.1, -0.05) is 24.3 Å². The van der Waals surface area contributed by atoms with E-state index in [1.165, 1.54) is 18.2 Å². The number of ether oxygens (including phenoxy) is 1. The summed E-state index contributed by atoms with van der Waals surface area (Å²) in [6.07, 6.45) is -0.944. The Hall–Kier alpha value is -3.60. The van der Waals surface area contributed by atoms with E-state index in [2.05, 4.69) is 16.4 Å². The molecule has 2 unspecified atom stereocenters. The number of benzene rings is 2. The Morgan fingerprint density at radius 1 is 1.18 bits per heavy atom. The fourth-order valence-electron chi connectivity index (χ4n) is 3.11. The number of hydrogen-bond acceptors (Lipinski definition) is 7. The summed E-state index contributed by atoms with van der Waals surface area (Å²) in [5, 5.41) is 23.2. The van der Waals surface area contributed by atoms with Crippen LogP contribution in [0, 0.1) is 12.3 Å². The van der Waals surface area contributed by atoms with Gasteiger partial charge in [-0.3, -0.25) is 14.4 Å². The van der Waals surface area contributed by atoms with Crippen molar-refractivity contribution in [1.29, 1.82) is 5.41 Å². The maximum atomic E-state index is 12.8. The number of rotatable bonds is 11. The third kappa shape index (κ3) is 7.77. The van der Waals surface area contributed by atoms with Gasteiger partial charge in [-0.25, -0.2) is 0 Å². The van der Waals surface area contributed by atoms with E-state index in [0.29, 0.717) is 34.4 Å². The third-order valence-electron chi connectivity index (χ3n) is 4.85. The summed E-state index contributed by atoms with van der Waals surface area (Å²) in [5.41, 5.74) is 7.13. The van der Waals surface area contributed by atoms with Gasteiger partial charge < -0.3 is 36.5 Å². The van der Waals surface area contributed by atoms with Gasteiger partial charge in [0.25, 0.3) is 11.8 Å². The van der Waals surface area contributed by atoms with E-state index in [1.807, 2.05) is 0 Å². The first-order chi connectivity index (χ1) is 16.3. The molecule has 0 aliphatic carbocycles. The van der Waals surface area contributed by atoms with Crippen molar-refractivity contribution in [3.05, 3.63) is 64.7 Å². The van der Waals surface area contributed by atoms with Gasteiger partial charge in [0.15, 0.2) is 6.10 Å². The van der Waals surface area contributed by atoms with Gasteiger partial charge in [0.05, 0.1) is 6.61 Å². The summed E-state index contributed by atoms with van der Waals surface area (Å²) in [6.45, 7) is 1.97. The Labute approximate surface area is 199 Å². The largest absolute Gasteiger partial charge is 0.380 e. The number of nitrogens with zero attached hydrogens (tertiary/aromatic N) is 1. The number of amides is 3. The van der Waals surface area contributed by atoms with Crippen LogP contribution in [0.4, 0.5) is 5.69 Å². The van der Waals surface area contributed by atoms with Crippen molar-refractivity contribution in [3.8, 4) is 0 Å². The number of aliphatic hydroxyl groups is 1. The van der Waals surface area contributed by atoms with Crippen molar-refractivity contribution in [2.75, 3.05) is 39.6 Å². The van der Waals surface area contributed by atoms with Crippen LogP contribution in [0.25, 0.3) is 0 Å². The number of aliphatic hydroxyl groups excluding tert-OH is 1. The highest BCUT2D eigenvalue weighted by Gasteiger charge is 2.31. The first kappa shape index (κ1) is 28.4. The van der Waals surface area contributed by atoms with Crippen LogP contribution in [0.15, 0.2) is 42.5 Å². The van der Waals surface area contributed by atoms with Crippen LogP contribution in [-0.2, 0) is 14.3 Å². The van der Waals surface area contributed by atoms with Crippen LogP contribution in [-0.4, -0.2) is 74.8 Å². The zero-order chi connectivity index (χ0) is 25.7. The molecule has 10 nitrogen and oxygen atoms in total. The van der Waals surface area contributed by atoms with Gasteiger partial charge >= 0.3 is 0 Å². The van der Waals surface area contributed by atoms with E-state index >= 15 is 0 Å². The molecule has 0 aliphatic heterocycles. The lowest BCUT2D eigenvalue weighted by Gasteiger charge is -2.26. The van der Waals surface area contributed by atoms with Crippen molar-refractivity contribution < 1.29 is 24.2 Å². The molecule has 0 radical (unpaired) electrons. The van der Waals surface area contributed by atoms with Gasteiger partial charge in [0.1, 0.15) is 6.10 Å². The summed E-state index contributed by atoms with van der Waals surface area (Å²) < 4.78 is 5.78. The first-order valence-corrected chi connectivity index (χ1v) is 10.6. The van der Waals surface area contributed by atoms with Gasteiger partial charge in [-0.2, -0.15) is 0 Å². The quantitative estimate of drug-likeness (QED) is 0.187. The van der Waals surface area contributed by atoms with Gasteiger partial charge in [0.2, 0.25) is 6.41 Å². The molecule has 10 heteroatoms.